The Bertz CT molecular complexity index is 834. The lowest BCUT2D eigenvalue weighted by Crippen LogP contribution is -2.29. The van der Waals surface area contributed by atoms with Crippen molar-refractivity contribution in [1.82, 2.24) is 5.32 Å². The van der Waals surface area contributed by atoms with Crippen LogP contribution in [-0.2, 0) is 0 Å². The van der Waals surface area contributed by atoms with E-state index in [1.807, 2.05) is 78.9 Å². The number of carbonyl (C=O) groups is 1. The quantitative estimate of drug-likeness (QED) is 0.528. The summed E-state index contributed by atoms with van der Waals surface area (Å²) in [5, 5.41) is 3.81. The first-order valence-corrected chi connectivity index (χ1v) is 8.96. The molecule has 1 unspecified atom stereocenters. The van der Waals surface area contributed by atoms with Crippen molar-refractivity contribution in [3.8, 4) is 0 Å². The van der Waals surface area contributed by atoms with Crippen molar-refractivity contribution < 1.29 is 4.79 Å². The summed E-state index contributed by atoms with van der Waals surface area (Å²) in [6, 6.07) is 24.8. The predicted octanol–water partition coefficient (Wildman–Crippen LogP) is 5.46. The van der Waals surface area contributed by atoms with E-state index in [1.165, 1.54) is 0 Å². The van der Waals surface area contributed by atoms with Gasteiger partial charge in [-0.3, -0.25) is 4.79 Å². The van der Waals surface area contributed by atoms with Crippen LogP contribution in [0.1, 0.15) is 27.5 Å². The number of benzene rings is 3. The molecule has 0 radical (unpaired) electrons. The van der Waals surface area contributed by atoms with Crippen LogP contribution in [0.15, 0.2) is 78.9 Å². The van der Waals surface area contributed by atoms with Crippen LogP contribution in [0, 0.1) is 3.57 Å². The standard InChI is InChI=1S/C20H15ClINO/c21-16-12-10-15(11-13-16)19(14-6-2-1-3-7-14)23-20(24)17-8-4-5-9-18(17)22/h1-13,19H,(H,23,24). The zero-order chi connectivity index (χ0) is 16.9. The Labute approximate surface area is 160 Å². The molecule has 1 N–H and O–H groups in total. The van der Waals surface area contributed by atoms with Crippen LogP contribution in [0.3, 0.4) is 0 Å². The molecule has 0 spiro atoms. The highest BCUT2D eigenvalue weighted by molar-refractivity contribution is 14.1. The van der Waals surface area contributed by atoms with Gasteiger partial charge in [0.15, 0.2) is 0 Å². The molecule has 0 aliphatic rings. The van der Waals surface area contributed by atoms with Gasteiger partial charge in [0, 0.05) is 8.59 Å². The molecule has 120 valence electrons. The Morgan fingerprint density at radius 1 is 0.833 bits per heavy atom. The van der Waals surface area contributed by atoms with Crippen LogP contribution in [0.4, 0.5) is 0 Å². The van der Waals surface area contributed by atoms with Gasteiger partial charge in [0.1, 0.15) is 0 Å². The topological polar surface area (TPSA) is 29.1 Å². The van der Waals surface area contributed by atoms with Gasteiger partial charge >= 0.3 is 0 Å². The van der Waals surface area contributed by atoms with Gasteiger partial charge in [-0.05, 0) is 58.0 Å². The number of carbonyl (C=O) groups excluding carboxylic acids is 1. The molecule has 3 aromatic carbocycles. The molecule has 1 amide bonds. The van der Waals surface area contributed by atoms with Crippen LogP contribution < -0.4 is 5.32 Å². The molecular formula is C20H15ClINO. The number of hydrogen-bond acceptors (Lipinski definition) is 1. The van der Waals surface area contributed by atoms with E-state index in [0.717, 1.165) is 14.7 Å². The zero-order valence-electron chi connectivity index (χ0n) is 12.7. The van der Waals surface area contributed by atoms with Gasteiger partial charge in [0.2, 0.25) is 0 Å². The van der Waals surface area contributed by atoms with Crippen molar-refractivity contribution in [2.45, 2.75) is 6.04 Å². The van der Waals surface area contributed by atoms with Crippen LogP contribution >= 0.6 is 34.2 Å². The van der Waals surface area contributed by atoms with E-state index in [4.69, 9.17) is 11.6 Å². The SMILES string of the molecule is O=C(NC(c1ccccc1)c1ccc(Cl)cc1)c1ccccc1I. The van der Waals surface area contributed by atoms with Gasteiger partial charge < -0.3 is 5.32 Å². The van der Waals surface area contributed by atoms with E-state index in [-0.39, 0.29) is 11.9 Å². The molecule has 0 aromatic heterocycles. The third-order valence-electron chi connectivity index (χ3n) is 3.73. The van der Waals surface area contributed by atoms with Gasteiger partial charge in [0.05, 0.1) is 11.6 Å². The summed E-state index contributed by atoms with van der Waals surface area (Å²) in [5.41, 5.74) is 2.69. The van der Waals surface area contributed by atoms with E-state index < -0.39 is 0 Å². The number of nitrogens with one attached hydrogen (secondary N) is 1. The molecule has 3 rings (SSSR count). The first-order chi connectivity index (χ1) is 11.6. The molecule has 2 nitrogen and oxygen atoms in total. The van der Waals surface area contributed by atoms with E-state index in [0.29, 0.717) is 10.6 Å². The van der Waals surface area contributed by atoms with Crippen LogP contribution in [-0.4, -0.2) is 5.91 Å². The minimum absolute atomic E-state index is 0.0937. The van der Waals surface area contributed by atoms with Crippen molar-refractivity contribution in [2.75, 3.05) is 0 Å². The molecule has 0 bridgehead atoms. The molecule has 3 aromatic rings. The Hall–Kier alpha value is -1.85. The first-order valence-electron chi connectivity index (χ1n) is 7.51. The summed E-state index contributed by atoms with van der Waals surface area (Å²) in [7, 11) is 0. The summed E-state index contributed by atoms with van der Waals surface area (Å²) < 4.78 is 0.926. The summed E-state index contributed by atoms with van der Waals surface area (Å²) in [6.45, 7) is 0. The fraction of sp³-hybridized carbons (Fsp3) is 0.0500. The highest BCUT2D eigenvalue weighted by Crippen LogP contribution is 2.24. The van der Waals surface area contributed by atoms with Crippen LogP contribution in [0.5, 0.6) is 0 Å². The van der Waals surface area contributed by atoms with E-state index >= 15 is 0 Å². The summed E-state index contributed by atoms with van der Waals surface area (Å²) >= 11 is 8.17. The average molecular weight is 448 g/mol. The van der Waals surface area contributed by atoms with Gasteiger partial charge in [-0.15, -0.1) is 0 Å². The largest absolute Gasteiger partial charge is 0.341 e. The minimum atomic E-state index is -0.230. The first kappa shape index (κ1) is 17.0. The number of hydrogen-bond donors (Lipinski definition) is 1. The summed E-state index contributed by atoms with van der Waals surface area (Å²) in [4.78, 5) is 12.7. The molecule has 0 aliphatic heterocycles. The zero-order valence-corrected chi connectivity index (χ0v) is 15.7. The van der Waals surface area contributed by atoms with Gasteiger partial charge in [-0.25, -0.2) is 0 Å². The highest BCUT2D eigenvalue weighted by atomic mass is 127. The molecule has 0 saturated carbocycles. The molecule has 1 atom stereocenters. The summed E-state index contributed by atoms with van der Waals surface area (Å²) in [5.74, 6) is -0.0937. The minimum Gasteiger partial charge on any atom is -0.341 e. The maximum atomic E-state index is 12.7. The fourth-order valence-electron chi connectivity index (χ4n) is 2.51. The lowest BCUT2D eigenvalue weighted by atomic mass is 9.98. The Morgan fingerprint density at radius 3 is 2.08 bits per heavy atom. The van der Waals surface area contributed by atoms with Gasteiger partial charge in [-0.2, -0.15) is 0 Å². The third-order valence-corrected chi connectivity index (χ3v) is 4.92. The second kappa shape index (κ2) is 7.81. The van der Waals surface area contributed by atoms with E-state index in [9.17, 15) is 4.79 Å². The van der Waals surface area contributed by atoms with Crippen LogP contribution in [0.2, 0.25) is 5.02 Å². The molecular weight excluding hydrogens is 433 g/mol. The Balaban J connectivity index is 1.95. The number of rotatable bonds is 4. The number of amides is 1. The lowest BCUT2D eigenvalue weighted by Gasteiger charge is -2.20. The van der Waals surface area contributed by atoms with Gasteiger partial charge in [0.25, 0.3) is 5.91 Å². The second-order valence-corrected chi connectivity index (χ2v) is 6.95. The third kappa shape index (κ3) is 3.97. The Morgan fingerprint density at radius 2 is 1.42 bits per heavy atom. The van der Waals surface area contributed by atoms with E-state index in [1.54, 1.807) is 0 Å². The summed E-state index contributed by atoms with van der Waals surface area (Å²) in [6.07, 6.45) is 0. The molecule has 0 saturated heterocycles. The lowest BCUT2D eigenvalue weighted by molar-refractivity contribution is 0.0942. The van der Waals surface area contributed by atoms with Crippen molar-refractivity contribution in [3.05, 3.63) is 104 Å². The maximum absolute atomic E-state index is 12.7. The highest BCUT2D eigenvalue weighted by Gasteiger charge is 2.18. The maximum Gasteiger partial charge on any atom is 0.253 e. The van der Waals surface area contributed by atoms with Gasteiger partial charge in [-0.1, -0.05) is 66.2 Å². The molecule has 4 heteroatoms. The smallest absolute Gasteiger partial charge is 0.253 e. The molecule has 0 heterocycles. The predicted molar refractivity (Wildman–Crippen MR) is 106 cm³/mol. The van der Waals surface area contributed by atoms with Crippen molar-refractivity contribution >= 4 is 40.1 Å². The Kier molecular flexibility index (Phi) is 5.53. The number of halogens is 2. The molecule has 24 heavy (non-hydrogen) atoms. The second-order valence-electron chi connectivity index (χ2n) is 5.35. The van der Waals surface area contributed by atoms with E-state index in [2.05, 4.69) is 27.9 Å². The van der Waals surface area contributed by atoms with Crippen molar-refractivity contribution in [3.63, 3.8) is 0 Å². The average Bonchev–Trinajstić information content (AvgIpc) is 2.61. The van der Waals surface area contributed by atoms with Crippen molar-refractivity contribution in [2.24, 2.45) is 0 Å². The monoisotopic (exact) mass is 447 g/mol. The normalized spacial score (nSPS) is 11.8. The molecule has 0 fully saturated rings. The van der Waals surface area contributed by atoms with Crippen LogP contribution in [0.25, 0.3) is 0 Å². The fourth-order valence-corrected chi connectivity index (χ4v) is 3.27. The van der Waals surface area contributed by atoms with Crippen molar-refractivity contribution in [1.29, 1.82) is 0 Å². The molecule has 0 aliphatic carbocycles.